The fraction of sp³-hybridized carbons (Fsp3) is 0.200. The summed E-state index contributed by atoms with van der Waals surface area (Å²) in [6, 6.07) is 4.10. The zero-order chi connectivity index (χ0) is 15.8. The maximum absolute atomic E-state index is 4.68. The lowest BCUT2D eigenvalue weighted by molar-refractivity contribution is 0.843. The summed E-state index contributed by atoms with van der Waals surface area (Å²) in [5.74, 6) is 1.41. The average molecular weight is 360 g/mol. The summed E-state index contributed by atoms with van der Waals surface area (Å²) >= 11 is 4.95. The Morgan fingerprint density at radius 2 is 2.09 bits per heavy atom. The molecule has 116 valence electrons. The van der Waals surface area contributed by atoms with Crippen molar-refractivity contribution < 1.29 is 0 Å². The van der Waals surface area contributed by atoms with Crippen molar-refractivity contribution in [2.45, 2.75) is 24.8 Å². The van der Waals surface area contributed by atoms with Gasteiger partial charge in [-0.15, -0.1) is 16.4 Å². The van der Waals surface area contributed by atoms with Gasteiger partial charge in [0.15, 0.2) is 0 Å². The number of thiazole rings is 1. The molecule has 0 aliphatic rings. The van der Waals surface area contributed by atoms with Gasteiger partial charge in [-0.05, 0) is 31.4 Å². The van der Waals surface area contributed by atoms with E-state index in [2.05, 4.69) is 42.3 Å². The van der Waals surface area contributed by atoms with Crippen molar-refractivity contribution in [1.82, 2.24) is 24.6 Å². The van der Waals surface area contributed by atoms with E-state index in [0.29, 0.717) is 5.78 Å². The second kappa shape index (κ2) is 6.03. The molecular weight excluding hydrogens is 346 g/mol. The summed E-state index contributed by atoms with van der Waals surface area (Å²) in [5, 5.41) is 12.6. The van der Waals surface area contributed by atoms with Gasteiger partial charge in [-0.3, -0.25) is 0 Å². The quantitative estimate of drug-likeness (QED) is 0.511. The summed E-state index contributed by atoms with van der Waals surface area (Å²) in [6.45, 7) is 3.98. The first-order valence-corrected chi connectivity index (χ1v) is 9.80. The van der Waals surface area contributed by atoms with E-state index in [9.17, 15) is 0 Å². The minimum Gasteiger partial charge on any atom is -0.240 e. The van der Waals surface area contributed by atoms with Crippen molar-refractivity contribution in [3.63, 3.8) is 0 Å². The molecule has 0 fully saturated rings. The number of fused-ring (bicyclic) bond motifs is 1. The average Bonchev–Trinajstić information content (AvgIpc) is 3.24. The Bertz CT molecular complexity index is 955. The molecule has 0 unspecified atom stereocenters. The van der Waals surface area contributed by atoms with Crippen LogP contribution in [0.25, 0.3) is 16.3 Å². The Morgan fingerprint density at radius 1 is 1.17 bits per heavy atom. The van der Waals surface area contributed by atoms with Crippen LogP contribution < -0.4 is 0 Å². The molecule has 0 aromatic carbocycles. The van der Waals surface area contributed by atoms with E-state index < -0.39 is 0 Å². The highest BCUT2D eigenvalue weighted by Crippen LogP contribution is 2.28. The number of hydrogen-bond donors (Lipinski definition) is 0. The number of nitrogens with zero attached hydrogens (tertiary/aromatic N) is 5. The smallest absolute Gasteiger partial charge is 0.240 e. The number of aryl methyl sites for hydroxylation is 2. The second-order valence-electron chi connectivity index (χ2n) is 5.09. The highest BCUT2D eigenvalue weighted by Gasteiger charge is 2.10. The molecule has 0 radical (unpaired) electrons. The SMILES string of the molecule is Cc1cc(C)n2nc(SCc3csc(-c4ccsc4)n3)nc2n1. The summed E-state index contributed by atoms with van der Waals surface area (Å²) in [7, 11) is 0. The van der Waals surface area contributed by atoms with Gasteiger partial charge >= 0.3 is 0 Å². The molecule has 4 aromatic heterocycles. The van der Waals surface area contributed by atoms with Gasteiger partial charge < -0.3 is 0 Å². The van der Waals surface area contributed by atoms with Gasteiger partial charge in [0.1, 0.15) is 5.01 Å². The third-order valence-electron chi connectivity index (χ3n) is 3.27. The van der Waals surface area contributed by atoms with Crippen molar-refractivity contribution in [3.05, 3.63) is 45.4 Å². The molecule has 4 aromatic rings. The van der Waals surface area contributed by atoms with Crippen LogP contribution in [0.1, 0.15) is 17.1 Å². The molecule has 0 N–H and O–H groups in total. The topological polar surface area (TPSA) is 56.0 Å². The summed E-state index contributed by atoms with van der Waals surface area (Å²) in [5.41, 5.74) is 4.25. The third kappa shape index (κ3) is 3.01. The molecule has 0 saturated carbocycles. The third-order valence-corrected chi connectivity index (χ3v) is 5.76. The molecule has 0 saturated heterocycles. The van der Waals surface area contributed by atoms with E-state index in [1.165, 1.54) is 5.56 Å². The predicted octanol–water partition coefficient (Wildman–Crippen LogP) is 4.22. The number of thiophene rings is 1. The van der Waals surface area contributed by atoms with Crippen LogP contribution in [0.5, 0.6) is 0 Å². The molecule has 8 heteroatoms. The molecule has 0 amide bonds. The zero-order valence-corrected chi connectivity index (χ0v) is 15.0. The second-order valence-corrected chi connectivity index (χ2v) is 7.67. The largest absolute Gasteiger partial charge is 0.253 e. The molecule has 0 aliphatic carbocycles. The van der Waals surface area contributed by atoms with Crippen LogP contribution in [0, 0.1) is 13.8 Å². The molecule has 4 rings (SSSR count). The number of aromatic nitrogens is 5. The van der Waals surface area contributed by atoms with E-state index in [1.807, 2.05) is 19.9 Å². The van der Waals surface area contributed by atoms with Gasteiger partial charge in [0.25, 0.3) is 5.78 Å². The first-order valence-electron chi connectivity index (χ1n) is 7.00. The van der Waals surface area contributed by atoms with Crippen LogP contribution in [0.15, 0.2) is 33.4 Å². The molecule has 0 aliphatic heterocycles. The molecular formula is C15H13N5S3. The van der Waals surface area contributed by atoms with E-state index in [0.717, 1.165) is 33.0 Å². The van der Waals surface area contributed by atoms with Crippen LogP contribution in [-0.4, -0.2) is 24.6 Å². The lowest BCUT2D eigenvalue weighted by Crippen LogP contribution is -1.97. The van der Waals surface area contributed by atoms with E-state index >= 15 is 0 Å². The Kier molecular flexibility index (Phi) is 3.88. The maximum Gasteiger partial charge on any atom is 0.253 e. The summed E-state index contributed by atoms with van der Waals surface area (Å²) in [4.78, 5) is 13.6. The minimum atomic E-state index is 0.655. The normalized spacial score (nSPS) is 11.4. The minimum absolute atomic E-state index is 0.655. The van der Waals surface area contributed by atoms with Gasteiger partial charge in [0, 0.05) is 33.5 Å². The van der Waals surface area contributed by atoms with Crippen molar-refractivity contribution in [2.24, 2.45) is 0 Å². The zero-order valence-electron chi connectivity index (χ0n) is 12.6. The molecule has 23 heavy (non-hydrogen) atoms. The van der Waals surface area contributed by atoms with Crippen LogP contribution in [0.3, 0.4) is 0 Å². The highest BCUT2D eigenvalue weighted by molar-refractivity contribution is 7.98. The van der Waals surface area contributed by atoms with Gasteiger partial charge in [-0.25, -0.2) is 14.5 Å². The van der Waals surface area contributed by atoms with Crippen molar-refractivity contribution in [3.8, 4) is 10.6 Å². The van der Waals surface area contributed by atoms with E-state index in [4.69, 9.17) is 0 Å². The summed E-state index contributed by atoms with van der Waals surface area (Å²) < 4.78 is 1.78. The maximum atomic E-state index is 4.68. The first kappa shape index (κ1) is 14.8. The highest BCUT2D eigenvalue weighted by atomic mass is 32.2. The number of thioether (sulfide) groups is 1. The molecule has 5 nitrogen and oxygen atoms in total. The monoisotopic (exact) mass is 359 g/mol. The number of hydrogen-bond acceptors (Lipinski definition) is 7. The Hall–Kier alpha value is -1.77. The number of rotatable bonds is 4. The van der Waals surface area contributed by atoms with Gasteiger partial charge in [0.2, 0.25) is 5.16 Å². The van der Waals surface area contributed by atoms with Gasteiger partial charge in [-0.1, -0.05) is 11.8 Å². The van der Waals surface area contributed by atoms with E-state index in [-0.39, 0.29) is 0 Å². The molecule has 0 bridgehead atoms. The van der Waals surface area contributed by atoms with Crippen LogP contribution in [0.4, 0.5) is 0 Å². The Balaban J connectivity index is 1.52. The Morgan fingerprint density at radius 3 is 2.91 bits per heavy atom. The fourth-order valence-electron chi connectivity index (χ4n) is 2.24. The van der Waals surface area contributed by atoms with Gasteiger partial charge in [-0.2, -0.15) is 16.3 Å². The van der Waals surface area contributed by atoms with Crippen LogP contribution >= 0.6 is 34.4 Å². The van der Waals surface area contributed by atoms with E-state index in [1.54, 1.807) is 39.0 Å². The lowest BCUT2D eigenvalue weighted by Gasteiger charge is -1.97. The van der Waals surface area contributed by atoms with Crippen molar-refractivity contribution in [2.75, 3.05) is 0 Å². The van der Waals surface area contributed by atoms with Crippen LogP contribution in [0.2, 0.25) is 0 Å². The van der Waals surface area contributed by atoms with Crippen molar-refractivity contribution >= 4 is 40.2 Å². The molecule has 0 spiro atoms. The Labute approximate surface area is 145 Å². The summed E-state index contributed by atoms with van der Waals surface area (Å²) in [6.07, 6.45) is 0. The van der Waals surface area contributed by atoms with Crippen LogP contribution in [-0.2, 0) is 5.75 Å². The molecule has 4 heterocycles. The first-order chi connectivity index (χ1) is 11.2. The molecule has 0 atom stereocenters. The van der Waals surface area contributed by atoms with Crippen molar-refractivity contribution in [1.29, 1.82) is 0 Å². The predicted molar refractivity (Wildman–Crippen MR) is 95.2 cm³/mol. The van der Waals surface area contributed by atoms with Gasteiger partial charge in [0.05, 0.1) is 5.69 Å². The fourth-order valence-corrected chi connectivity index (χ4v) is 4.59. The lowest BCUT2D eigenvalue weighted by atomic mass is 10.4. The standard InChI is InChI=1S/C15H13N5S3/c1-9-5-10(2)20-14(16-9)18-15(19-20)23-8-12-7-22-13(17-12)11-3-4-21-6-11/h3-7H,8H2,1-2H3.